The SMILES string of the molecule is CN(Cc1ccccc1)Cc1cn(C)nc1C(=O)O. The van der Waals surface area contributed by atoms with Gasteiger partial charge in [-0.3, -0.25) is 9.58 Å². The van der Waals surface area contributed by atoms with Gasteiger partial charge >= 0.3 is 5.97 Å². The maximum absolute atomic E-state index is 11.1. The standard InChI is InChI=1S/C14H17N3O2/c1-16(8-11-6-4-3-5-7-11)9-12-10-17(2)15-13(12)14(18)19/h3-7,10H,8-9H2,1-2H3,(H,18,19). The summed E-state index contributed by atoms with van der Waals surface area (Å²) in [7, 11) is 3.69. The number of aromatic carboxylic acids is 1. The van der Waals surface area contributed by atoms with Crippen LogP contribution in [0.3, 0.4) is 0 Å². The van der Waals surface area contributed by atoms with Crippen molar-refractivity contribution in [2.24, 2.45) is 7.05 Å². The summed E-state index contributed by atoms with van der Waals surface area (Å²) in [5.41, 5.74) is 2.06. The van der Waals surface area contributed by atoms with Crippen molar-refractivity contribution in [3.63, 3.8) is 0 Å². The van der Waals surface area contributed by atoms with Gasteiger partial charge in [0.15, 0.2) is 5.69 Å². The van der Waals surface area contributed by atoms with Gasteiger partial charge in [0.05, 0.1) is 0 Å². The van der Waals surface area contributed by atoms with Crippen LogP contribution in [0.1, 0.15) is 21.6 Å². The second-order valence-corrected chi connectivity index (χ2v) is 4.64. The predicted molar refractivity (Wildman–Crippen MR) is 71.8 cm³/mol. The molecule has 1 aromatic carbocycles. The second-order valence-electron chi connectivity index (χ2n) is 4.64. The lowest BCUT2D eigenvalue weighted by molar-refractivity contribution is 0.0687. The molecule has 0 aliphatic rings. The minimum atomic E-state index is -0.983. The number of hydrogen-bond acceptors (Lipinski definition) is 3. The normalized spacial score (nSPS) is 10.9. The van der Waals surface area contributed by atoms with E-state index in [1.54, 1.807) is 13.2 Å². The van der Waals surface area contributed by atoms with Crippen LogP contribution >= 0.6 is 0 Å². The molecule has 0 atom stereocenters. The molecule has 0 saturated heterocycles. The molecule has 0 aliphatic heterocycles. The van der Waals surface area contributed by atoms with Crippen LogP contribution in [0.25, 0.3) is 0 Å². The van der Waals surface area contributed by atoms with Crippen LogP contribution < -0.4 is 0 Å². The fraction of sp³-hybridized carbons (Fsp3) is 0.286. The Kier molecular flexibility index (Phi) is 3.97. The molecule has 0 spiro atoms. The summed E-state index contributed by atoms with van der Waals surface area (Å²) < 4.78 is 1.54. The molecule has 1 aromatic heterocycles. The minimum Gasteiger partial charge on any atom is -0.476 e. The van der Waals surface area contributed by atoms with Gasteiger partial charge in [-0.05, 0) is 12.6 Å². The van der Waals surface area contributed by atoms with Crippen molar-refractivity contribution < 1.29 is 9.90 Å². The molecule has 0 aliphatic carbocycles. The molecule has 0 bridgehead atoms. The third-order valence-electron chi connectivity index (χ3n) is 2.84. The first-order chi connectivity index (χ1) is 9.06. The number of carbonyl (C=O) groups is 1. The number of aryl methyl sites for hydroxylation is 1. The van der Waals surface area contributed by atoms with Crippen LogP contribution in [-0.4, -0.2) is 32.8 Å². The van der Waals surface area contributed by atoms with Crippen LogP contribution in [0, 0.1) is 0 Å². The molecular formula is C14H17N3O2. The van der Waals surface area contributed by atoms with Gasteiger partial charge in [-0.15, -0.1) is 0 Å². The van der Waals surface area contributed by atoms with Crippen molar-refractivity contribution in [2.45, 2.75) is 13.1 Å². The van der Waals surface area contributed by atoms with Crippen molar-refractivity contribution >= 4 is 5.97 Å². The molecule has 2 aromatic rings. The first kappa shape index (κ1) is 13.3. The fourth-order valence-electron chi connectivity index (χ4n) is 2.08. The molecule has 0 unspecified atom stereocenters. The molecule has 100 valence electrons. The Hall–Kier alpha value is -2.14. The monoisotopic (exact) mass is 259 g/mol. The van der Waals surface area contributed by atoms with E-state index >= 15 is 0 Å². The van der Waals surface area contributed by atoms with Crippen LogP contribution in [0.15, 0.2) is 36.5 Å². The number of carboxylic acid groups (broad SMARTS) is 1. The van der Waals surface area contributed by atoms with E-state index in [2.05, 4.69) is 22.1 Å². The maximum atomic E-state index is 11.1. The smallest absolute Gasteiger partial charge is 0.356 e. The van der Waals surface area contributed by atoms with Crippen molar-refractivity contribution in [3.05, 3.63) is 53.3 Å². The van der Waals surface area contributed by atoms with E-state index in [9.17, 15) is 4.79 Å². The number of benzene rings is 1. The van der Waals surface area contributed by atoms with Gasteiger partial charge < -0.3 is 5.11 Å². The Morgan fingerprint density at radius 3 is 2.63 bits per heavy atom. The predicted octanol–water partition coefficient (Wildman–Crippen LogP) is 1.75. The average Bonchev–Trinajstić information content (AvgIpc) is 2.71. The largest absolute Gasteiger partial charge is 0.476 e. The van der Waals surface area contributed by atoms with Gasteiger partial charge in [-0.25, -0.2) is 4.79 Å². The van der Waals surface area contributed by atoms with Gasteiger partial charge in [0.2, 0.25) is 0 Å². The Morgan fingerprint density at radius 1 is 1.32 bits per heavy atom. The van der Waals surface area contributed by atoms with Gasteiger partial charge in [0.25, 0.3) is 0 Å². The first-order valence-corrected chi connectivity index (χ1v) is 6.04. The zero-order valence-electron chi connectivity index (χ0n) is 11.1. The Morgan fingerprint density at radius 2 is 2.00 bits per heavy atom. The van der Waals surface area contributed by atoms with Crippen molar-refractivity contribution in [1.29, 1.82) is 0 Å². The van der Waals surface area contributed by atoms with E-state index in [0.717, 1.165) is 12.1 Å². The first-order valence-electron chi connectivity index (χ1n) is 6.04. The van der Waals surface area contributed by atoms with Crippen LogP contribution in [0.4, 0.5) is 0 Å². The summed E-state index contributed by atoms with van der Waals surface area (Å²) in [5, 5.41) is 13.0. The molecule has 0 saturated carbocycles. The Labute approximate surface area is 112 Å². The maximum Gasteiger partial charge on any atom is 0.356 e. The Bertz CT molecular complexity index is 563. The fourth-order valence-corrected chi connectivity index (χ4v) is 2.08. The summed E-state index contributed by atoms with van der Waals surface area (Å²) in [6, 6.07) is 10.1. The molecule has 5 heteroatoms. The topological polar surface area (TPSA) is 58.4 Å². The van der Waals surface area contributed by atoms with Crippen molar-refractivity contribution in [2.75, 3.05) is 7.05 Å². The van der Waals surface area contributed by atoms with Crippen LogP contribution in [-0.2, 0) is 20.1 Å². The van der Waals surface area contributed by atoms with E-state index in [-0.39, 0.29) is 5.69 Å². The lowest BCUT2D eigenvalue weighted by atomic mass is 10.2. The third-order valence-corrected chi connectivity index (χ3v) is 2.84. The van der Waals surface area contributed by atoms with Crippen LogP contribution in [0.2, 0.25) is 0 Å². The summed E-state index contributed by atoms with van der Waals surface area (Å²) in [4.78, 5) is 13.1. The zero-order chi connectivity index (χ0) is 13.8. The molecule has 0 fully saturated rings. The van der Waals surface area contributed by atoms with E-state index in [0.29, 0.717) is 6.54 Å². The van der Waals surface area contributed by atoms with Crippen molar-refractivity contribution in [1.82, 2.24) is 14.7 Å². The molecule has 1 N–H and O–H groups in total. The van der Waals surface area contributed by atoms with Crippen LogP contribution in [0.5, 0.6) is 0 Å². The van der Waals surface area contributed by atoms with Gasteiger partial charge in [0.1, 0.15) is 0 Å². The second kappa shape index (κ2) is 5.67. The number of carboxylic acids is 1. The summed E-state index contributed by atoms with van der Waals surface area (Å²) >= 11 is 0. The lowest BCUT2D eigenvalue weighted by Gasteiger charge is -2.16. The quantitative estimate of drug-likeness (QED) is 0.888. The minimum absolute atomic E-state index is 0.127. The third kappa shape index (κ3) is 3.42. The molecular weight excluding hydrogens is 242 g/mol. The highest BCUT2D eigenvalue weighted by Gasteiger charge is 2.16. The molecule has 19 heavy (non-hydrogen) atoms. The number of rotatable bonds is 5. The van der Waals surface area contributed by atoms with Gasteiger partial charge in [0, 0.05) is 31.9 Å². The van der Waals surface area contributed by atoms with Gasteiger partial charge in [-0.2, -0.15) is 5.10 Å². The molecule has 0 amide bonds. The number of hydrogen-bond donors (Lipinski definition) is 1. The van der Waals surface area contributed by atoms with Gasteiger partial charge in [-0.1, -0.05) is 30.3 Å². The number of nitrogens with zero attached hydrogens (tertiary/aromatic N) is 3. The average molecular weight is 259 g/mol. The number of aromatic nitrogens is 2. The van der Waals surface area contributed by atoms with E-state index < -0.39 is 5.97 Å². The van der Waals surface area contributed by atoms with E-state index in [1.165, 1.54) is 10.2 Å². The molecule has 5 nitrogen and oxygen atoms in total. The molecule has 0 radical (unpaired) electrons. The summed E-state index contributed by atoms with van der Waals surface area (Å²) in [6.07, 6.45) is 1.75. The summed E-state index contributed by atoms with van der Waals surface area (Å²) in [5.74, 6) is -0.983. The highest BCUT2D eigenvalue weighted by Crippen LogP contribution is 2.11. The lowest BCUT2D eigenvalue weighted by Crippen LogP contribution is -2.18. The highest BCUT2D eigenvalue weighted by atomic mass is 16.4. The van der Waals surface area contributed by atoms with Crippen molar-refractivity contribution in [3.8, 4) is 0 Å². The molecule has 1 heterocycles. The highest BCUT2D eigenvalue weighted by molar-refractivity contribution is 5.86. The zero-order valence-corrected chi connectivity index (χ0v) is 11.1. The summed E-state index contributed by atoms with van der Waals surface area (Å²) in [6.45, 7) is 1.33. The van der Waals surface area contributed by atoms with E-state index in [4.69, 9.17) is 5.11 Å². The Balaban J connectivity index is 2.07. The van der Waals surface area contributed by atoms with E-state index in [1.807, 2.05) is 25.2 Å². The molecule has 2 rings (SSSR count).